The number of ether oxygens (including phenoxy) is 4. The average Bonchev–Trinajstić information content (AvgIpc) is 3.13. The van der Waals surface area contributed by atoms with Crippen LogP contribution in [0.15, 0.2) is 84.9 Å². The number of aliphatic hydroxyl groups is 1. The summed E-state index contributed by atoms with van der Waals surface area (Å²) in [6.07, 6.45) is 0.874. The number of aliphatic hydroxyl groups excluding tert-OH is 1. The molecule has 0 unspecified atom stereocenters. The number of urea groups is 1. The third-order valence-corrected chi connectivity index (χ3v) is 9.16. The Hall–Kier alpha value is -4.41. The van der Waals surface area contributed by atoms with Gasteiger partial charge in [-0.25, -0.2) is 4.79 Å². The van der Waals surface area contributed by atoms with Gasteiger partial charge in [0.2, 0.25) is 0 Å². The molecule has 2 aliphatic rings. The molecule has 0 saturated carbocycles. The summed E-state index contributed by atoms with van der Waals surface area (Å²) in [5.41, 5.74) is 8.56. The van der Waals surface area contributed by atoms with Gasteiger partial charge in [-0.3, -0.25) is 4.90 Å². The summed E-state index contributed by atoms with van der Waals surface area (Å²) in [5, 5.41) is 15.3. The maximum Gasteiger partial charge on any atom is 0.315 e. The fraction of sp³-hybridized carbons (Fsp3) is 0.359. The molecular weight excluding hydrogens is 606 g/mol. The molecule has 252 valence electrons. The molecule has 2 heterocycles. The quantitative estimate of drug-likeness (QED) is 0.175. The van der Waals surface area contributed by atoms with E-state index in [1.165, 1.54) is 11.1 Å². The topological polar surface area (TPSA) is 102 Å². The second-order valence-electron chi connectivity index (χ2n) is 12.3. The molecular formula is C39H45N3O6. The molecule has 3 N–H and O–H groups in total. The van der Waals surface area contributed by atoms with Gasteiger partial charge in [0.25, 0.3) is 0 Å². The number of rotatable bonds is 11. The molecule has 2 aliphatic heterocycles. The predicted octanol–water partition coefficient (Wildman–Crippen LogP) is 6.29. The molecule has 4 aromatic carbocycles. The largest absolute Gasteiger partial charge is 0.493 e. The highest BCUT2D eigenvalue weighted by Crippen LogP contribution is 2.40. The van der Waals surface area contributed by atoms with Crippen molar-refractivity contribution in [2.75, 3.05) is 33.9 Å². The molecule has 6 rings (SSSR count). The molecule has 2 amide bonds. The van der Waals surface area contributed by atoms with Gasteiger partial charge in [0.1, 0.15) is 0 Å². The van der Waals surface area contributed by atoms with E-state index in [2.05, 4.69) is 58.0 Å². The Balaban J connectivity index is 1.20. The summed E-state index contributed by atoms with van der Waals surface area (Å²) in [6.45, 7) is 5.40. The minimum absolute atomic E-state index is 0.00470. The number of fused-ring (bicyclic) bond motifs is 1. The Kier molecular flexibility index (Phi) is 10.9. The lowest BCUT2D eigenvalue weighted by molar-refractivity contribution is -0.253. The lowest BCUT2D eigenvalue weighted by Gasteiger charge is -2.39. The van der Waals surface area contributed by atoms with Crippen LogP contribution < -0.4 is 20.1 Å². The highest BCUT2D eigenvalue weighted by molar-refractivity contribution is 5.74. The van der Waals surface area contributed by atoms with Gasteiger partial charge in [-0.1, -0.05) is 72.8 Å². The van der Waals surface area contributed by atoms with Crippen molar-refractivity contribution in [3.63, 3.8) is 0 Å². The van der Waals surface area contributed by atoms with E-state index in [1.807, 2.05) is 49.4 Å². The van der Waals surface area contributed by atoms with Gasteiger partial charge in [0, 0.05) is 44.7 Å². The Labute approximate surface area is 282 Å². The summed E-state index contributed by atoms with van der Waals surface area (Å²) in [6, 6.07) is 28.4. The third kappa shape index (κ3) is 7.82. The van der Waals surface area contributed by atoms with Crippen LogP contribution in [-0.4, -0.2) is 56.0 Å². The zero-order valence-electron chi connectivity index (χ0n) is 27.9. The number of benzene rings is 4. The van der Waals surface area contributed by atoms with Crippen molar-refractivity contribution in [2.24, 2.45) is 0 Å². The third-order valence-electron chi connectivity index (χ3n) is 9.16. The number of carbonyl (C=O) groups excluding carboxylic acids is 1. The van der Waals surface area contributed by atoms with Gasteiger partial charge in [-0.15, -0.1) is 0 Å². The first-order valence-electron chi connectivity index (χ1n) is 16.6. The lowest BCUT2D eigenvalue weighted by atomic mass is 9.96. The van der Waals surface area contributed by atoms with E-state index in [0.29, 0.717) is 19.5 Å². The molecule has 0 bridgehead atoms. The fourth-order valence-electron chi connectivity index (χ4n) is 6.59. The molecule has 9 heteroatoms. The molecule has 4 aromatic rings. The van der Waals surface area contributed by atoms with Crippen LogP contribution in [0.3, 0.4) is 0 Å². The van der Waals surface area contributed by atoms with Crippen molar-refractivity contribution >= 4 is 6.03 Å². The van der Waals surface area contributed by atoms with Crippen molar-refractivity contribution in [3.05, 3.63) is 118 Å². The van der Waals surface area contributed by atoms with Gasteiger partial charge < -0.3 is 34.7 Å². The zero-order chi connectivity index (χ0) is 33.5. The first kappa shape index (κ1) is 33.5. The predicted molar refractivity (Wildman–Crippen MR) is 185 cm³/mol. The molecule has 1 fully saturated rings. The van der Waals surface area contributed by atoms with E-state index in [1.54, 1.807) is 14.2 Å². The molecule has 1 saturated heterocycles. The average molecular weight is 652 g/mol. The molecule has 9 nitrogen and oxygen atoms in total. The van der Waals surface area contributed by atoms with Crippen molar-refractivity contribution in [1.29, 1.82) is 0 Å². The summed E-state index contributed by atoms with van der Waals surface area (Å²) < 4.78 is 24.4. The van der Waals surface area contributed by atoms with Crippen LogP contribution in [-0.2, 0) is 35.6 Å². The molecule has 0 spiro atoms. The lowest BCUT2D eigenvalue weighted by Crippen LogP contribution is -2.41. The SMILES string of the molecule is CCNC(=O)NCc1ccccc1-c1ccc([C@@H]2O[C@H](CN3CCc4cc(OC)c(OC)cc4C3)C[C@H](c3ccc(CO)cc3)O2)cc1. The minimum Gasteiger partial charge on any atom is -0.493 e. The molecule has 0 aromatic heterocycles. The van der Waals surface area contributed by atoms with E-state index in [9.17, 15) is 9.90 Å². The maximum absolute atomic E-state index is 12.0. The normalized spacial score (nSPS) is 19.3. The number of hydrogen-bond acceptors (Lipinski definition) is 7. The number of nitrogens with zero attached hydrogens (tertiary/aromatic N) is 1. The molecule has 0 radical (unpaired) electrons. The standard InChI is InChI=1S/C39H45N3O6/c1-4-40-39(44)41-22-31-7-5-6-8-34(31)27-13-15-29(16-14-27)38-47-33(21-35(48-38)28-11-9-26(25-43)10-12-28)24-42-18-17-30-19-36(45-2)37(46-3)20-32(30)23-42/h5-16,19-20,33,35,38,43H,4,17-18,21-25H2,1-3H3,(H2,40,41,44)/t33-,35+,38+/m0/s1. The van der Waals surface area contributed by atoms with E-state index >= 15 is 0 Å². The zero-order valence-corrected chi connectivity index (χ0v) is 27.9. The van der Waals surface area contributed by atoms with E-state index in [-0.39, 0.29) is 24.8 Å². The van der Waals surface area contributed by atoms with Crippen LogP contribution in [0.4, 0.5) is 4.79 Å². The number of amides is 2. The number of methoxy groups -OCH3 is 2. The smallest absolute Gasteiger partial charge is 0.315 e. The summed E-state index contributed by atoms with van der Waals surface area (Å²) >= 11 is 0. The van der Waals surface area contributed by atoms with Crippen LogP contribution in [0, 0.1) is 0 Å². The van der Waals surface area contributed by atoms with Crippen LogP contribution in [0.5, 0.6) is 11.5 Å². The summed E-state index contributed by atoms with van der Waals surface area (Å²) in [4.78, 5) is 14.5. The number of hydrogen-bond donors (Lipinski definition) is 3. The number of carbonyl (C=O) groups is 1. The first-order chi connectivity index (χ1) is 23.5. The summed E-state index contributed by atoms with van der Waals surface area (Å²) in [5.74, 6) is 1.51. The van der Waals surface area contributed by atoms with Crippen molar-refractivity contribution < 1.29 is 28.8 Å². The van der Waals surface area contributed by atoms with Crippen molar-refractivity contribution in [1.82, 2.24) is 15.5 Å². The first-order valence-corrected chi connectivity index (χ1v) is 16.6. The summed E-state index contributed by atoms with van der Waals surface area (Å²) in [7, 11) is 3.35. The fourth-order valence-corrected chi connectivity index (χ4v) is 6.59. The molecule has 0 aliphatic carbocycles. The highest BCUT2D eigenvalue weighted by atomic mass is 16.7. The highest BCUT2D eigenvalue weighted by Gasteiger charge is 2.34. The van der Waals surface area contributed by atoms with Gasteiger partial charge in [0.15, 0.2) is 17.8 Å². The van der Waals surface area contributed by atoms with Crippen LogP contribution >= 0.6 is 0 Å². The maximum atomic E-state index is 12.0. The Bertz CT molecular complexity index is 1680. The van der Waals surface area contributed by atoms with Gasteiger partial charge in [-0.05, 0) is 64.4 Å². The van der Waals surface area contributed by atoms with Gasteiger partial charge in [-0.2, -0.15) is 0 Å². The van der Waals surface area contributed by atoms with Crippen molar-refractivity contribution in [2.45, 2.75) is 58.0 Å². The Morgan fingerprint density at radius 2 is 1.60 bits per heavy atom. The van der Waals surface area contributed by atoms with Crippen LogP contribution in [0.25, 0.3) is 11.1 Å². The monoisotopic (exact) mass is 651 g/mol. The van der Waals surface area contributed by atoms with E-state index in [0.717, 1.165) is 70.9 Å². The Morgan fingerprint density at radius 1 is 0.896 bits per heavy atom. The van der Waals surface area contributed by atoms with Crippen LogP contribution in [0.2, 0.25) is 0 Å². The molecule has 48 heavy (non-hydrogen) atoms. The van der Waals surface area contributed by atoms with E-state index in [4.69, 9.17) is 18.9 Å². The van der Waals surface area contributed by atoms with E-state index < -0.39 is 6.29 Å². The Morgan fingerprint density at radius 3 is 2.31 bits per heavy atom. The van der Waals surface area contributed by atoms with Crippen molar-refractivity contribution in [3.8, 4) is 22.6 Å². The molecule has 3 atom stereocenters. The van der Waals surface area contributed by atoms with Gasteiger partial charge in [0.05, 0.1) is 33.0 Å². The number of nitrogens with one attached hydrogen (secondary N) is 2. The second-order valence-corrected chi connectivity index (χ2v) is 12.3. The minimum atomic E-state index is -0.545. The second kappa shape index (κ2) is 15.7. The van der Waals surface area contributed by atoms with Gasteiger partial charge >= 0.3 is 6.03 Å². The van der Waals surface area contributed by atoms with Crippen LogP contribution in [0.1, 0.15) is 59.1 Å².